The van der Waals surface area contributed by atoms with E-state index in [9.17, 15) is 6.57 Å². The molecule has 0 bridgehead atoms. The van der Waals surface area contributed by atoms with E-state index >= 15 is 0 Å². The molecule has 9 heteroatoms. The lowest BCUT2D eigenvalue weighted by atomic mass is 10.0. The van der Waals surface area contributed by atoms with Crippen LogP contribution < -0.4 is 0 Å². The van der Waals surface area contributed by atoms with Gasteiger partial charge in [-0.15, -0.1) is 0 Å². The predicted molar refractivity (Wildman–Crippen MR) is 431 cm³/mol. The largest absolute Gasteiger partial charge is 0.309 e. The van der Waals surface area contributed by atoms with Gasteiger partial charge in [0, 0.05) is 104 Å². The van der Waals surface area contributed by atoms with E-state index in [2.05, 4.69) is 342 Å². The van der Waals surface area contributed by atoms with Gasteiger partial charge in [-0.05, 0) is 140 Å². The van der Waals surface area contributed by atoms with Crippen molar-refractivity contribution in [1.29, 1.82) is 0 Å². The van der Waals surface area contributed by atoms with Crippen molar-refractivity contribution in [2.75, 3.05) is 0 Å². The van der Waals surface area contributed by atoms with E-state index in [0.29, 0.717) is 17.1 Å². The summed E-state index contributed by atoms with van der Waals surface area (Å²) in [4.78, 5) is 15.6. The molecule has 482 valence electrons. The topological polar surface area (TPSA) is 59.7 Å². The highest BCUT2D eigenvalue weighted by Crippen LogP contribution is 2.47. The first kappa shape index (κ1) is 57.6. The molecule has 15 aromatic carbocycles. The second-order valence-electron chi connectivity index (χ2n) is 27.1. The lowest BCUT2D eigenvalue weighted by Crippen LogP contribution is -2.05. The number of benzene rings is 15. The third-order valence-electron chi connectivity index (χ3n) is 21.6. The summed E-state index contributed by atoms with van der Waals surface area (Å²) in [6.07, 6.45) is 0. The third kappa shape index (κ3) is 8.42. The van der Waals surface area contributed by atoms with Gasteiger partial charge in [-0.2, -0.15) is 0 Å². The molecule has 0 spiro atoms. The number of para-hydroxylation sites is 8. The number of rotatable bonds is 9. The Kier molecular flexibility index (Phi) is 12.4. The number of fused-ring (bicyclic) bond motifs is 18. The quantitative estimate of drug-likeness (QED) is 0.135. The zero-order valence-electron chi connectivity index (χ0n) is 55.9. The number of aromatic nitrogens is 8. The van der Waals surface area contributed by atoms with E-state index in [1.807, 2.05) is 36.4 Å². The van der Waals surface area contributed by atoms with E-state index in [1.54, 1.807) is 0 Å². The summed E-state index contributed by atoms with van der Waals surface area (Å²) in [6, 6.07) is 125. The Morgan fingerprint density at radius 1 is 0.212 bits per heavy atom. The van der Waals surface area contributed by atoms with Crippen LogP contribution in [0, 0.1) is 6.57 Å². The summed E-state index contributed by atoms with van der Waals surface area (Å²) in [5.74, 6) is 0.445. The van der Waals surface area contributed by atoms with Crippen LogP contribution in [0.1, 0.15) is 0 Å². The molecule has 0 aliphatic rings. The highest BCUT2D eigenvalue weighted by Gasteiger charge is 2.27. The Labute approximate surface area is 595 Å². The van der Waals surface area contributed by atoms with Crippen LogP contribution in [0.4, 0.5) is 5.69 Å². The first-order chi connectivity index (χ1) is 51.6. The normalized spacial score (nSPS) is 12.0. The molecule has 0 saturated carbocycles. The second kappa shape index (κ2) is 22.3. The fraction of sp³-hybridized carbons (Fsp3) is 0. The first-order valence-corrected chi connectivity index (χ1v) is 35.2. The molecular weight excluding hydrogens is 1270 g/mol. The molecule has 0 aliphatic heterocycles. The van der Waals surface area contributed by atoms with E-state index in [1.165, 1.54) is 43.1 Å². The number of hydrogen-bond donors (Lipinski definition) is 0. The van der Waals surface area contributed by atoms with Crippen LogP contribution in [0.3, 0.4) is 0 Å². The molecule has 9 nitrogen and oxygen atoms in total. The Morgan fingerprint density at radius 3 is 0.721 bits per heavy atom. The van der Waals surface area contributed by atoms with Crippen molar-refractivity contribution in [3.8, 4) is 68.0 Å². The molecule has 22 rings (SSSR count). The van der Waals surface area contributed by atoms with Crippen LogP contribution in [-0.2, 0) is 0 Å². The summed E-state index contributed by atoms with van der Waals surface area (Å²) in [6.45, 7) is 9.46. The molecule has 7 heterocycles. The van der Waals surface area contributed by atoms with Gasteiger partial charge in [0.2, 0.25) is 0 Å². The number of hydrogen-bond acceptors (Lipinski definition) is 2. The van der Waals surface area contributed by atoms with Crippen LogP contribution in [0.5, 0.6) is 0 Å². The van der Waals surface area contributed by atoms with Crippen LogP contribution in [0.2, 0.25) is 0 Å². The molecule has 0 radical (unpaired) electrons. The monoisotopic (exact) mass is 1320 g/mol. The number of nitrogens with zero attached hydrogens (tertiary/aromatic N) is 9. The van der Waals surface area contributed by atoms with E-state index < -0.39 is 0 Å². The maximum absolute atomic E-state index is 9.46. The van der Waals surface area contributed by atoms with Crippen molar-refractivity contribution in [1.82, 2.24) is 37.4 Å². The molecule has 0 unspecified atom stereocenters. The van der Waals surface area contributed by atoms with Crippen LogP contribution in [0.25, 0.3) is 204 Å². The van der Waals surface area contributed by atoms with Crippen molar-refractivity contribution in [2.24, 2.45) is 0 Å². The van der Waals surface area contributed by atoms with Gasteiger partial charge >= 0.3 is 0 Å². The third-order valence-corrected chi connectivity index (χ3v) is 21.6. The highest BCUT2D eigenvalue weighted by molar-refractivity contribution is 6.18. The van der Waals surface area contributed by atoms with Gasteiger partial charge < -0.3 is 27.4 Å². The highest BCUT2D eigenvalue weighted by atomic mass is 15.1. The molecule has 7 aromatic heterocycles. The summed E-state index contributed by atoms with van der Waals surface area (Å²) in [5, 5.41) is 13.8. The van der Waals surface area contributed by atoms with Crippen molar-refractivity contribution in [3.05, 3.63) is 357 Å². The Hall–Kier alpha value is -14.3. The van der Waals surface area contributed by atoms with Crippen molar-refractivity contribution >= 4 is 137 Å². The van der Waals surface area contributed by atoms with Crippen LogP contribution in [-0.4, -0.2) is 37.4 Å². The lowest BCUT2D eigenvalue weighted by molar-refractivity contribution is 1.09. The fourth-order valence-corrected chi connectivity index (χ4v) is 17.2. The van der Waals surface area contributed by atoms with Crippen molar-refractivity contribution < 1.29 is 0 Å². The predicted octanol–water partition coefficient (Wildman–Crippen LogP) is 24.6. The van der Waals surface area contributed by atoms with Gasteiger partial charge in [-0.3, -0.25) is 0 Å². The fourth-order valence-electron chi connectivity index (χ4n) is 17.2. The zero-order valence-corrected chi connectivity index (χ0v) is 55.9. The summed E-state index contributed by atoms with van der Waals surface area (Å²) in [5.41, 5.74) is 23.2. The standard InChI is InChI=1S/C95H57N9/c1-96-80-58-94(104-91-50-46-63(101-85-40-20-12-32-69(85)70-33-13-21-41-86(70)101)54-75(91)76-55-64(47-51-92(76)104)102-87-42-22-14-34-71(87)72-35-15-23-43-88(72)102)93(56-77(80)95-97-78(59-24-4-2-5-25-59)57-79(98-95)60-26-6-3-7-27-60)103-89-48-44-61(99-81-36-16-8-28-65(81)66-29-9-17-37-82(66)99)52-73(89)74-53-62(45-49-90(74)103)100-83-38-18-10-30-67(83)68-31-11-19-39-84(68)100/h2-58H. The Morgan fingerprint density at radius 2 is 0.452 bits per heavy atom. The average molecular weight is 1320 g/mol. The van der Waals surface area contributed by atoms with Crippen LogP contribution >= 0.6 is 0 Å². The Balaban J connectivity index is 0.879. The minimum atomic E-state index is 0.412. The molecule has 0 aliphatic carbocycles. The van der Waals surface area contributed by atoms with Gasteiger partial charge in [0.25, 0.3) is 0 Å². The minimum Gasteiger partial charge on any atom is -0.309 e. The molecule has 0 saturated heterocycles. The SMILES string of the molecule is [C-]#[N+]c1cc(-n2c3ccc(-n4c5ccccc5c5ccccc54)cc3c3cc(-n4c5ccccc5c5ccccc54)ccc32)c(-n2c3ccc(-n4c5ccccc5c5ccccc54)cc3c3cc(-n4c5ccccc5c5ccccc54)ccc32)cc1-c1nc(-c2ccccc2)cc(-c2ccccc2)n1. The maximum Gasteiger partial charge on any atom is 0.200 e. The summed E-state index contributed by atoms with van der Waals surface area (Å²) in [7, 11) is 0. The van der Waals surface area contributed by atoms with E-state index in [4.69, 9.17) is 9.97 Å². The zero-order chi connectivity index (χ0) is 68.3. The molecular formula is C95H57N9. The van der Waals surface area contributed by atoms with Gasteiger partial charge in [0.15, 0.2) is 5.69 Å². The molecule has 0 fully saturated rings. The van der Waals surface area contributed by atoms with Gasteiger partial charge in [-0.1, -0.05) is 206 Å². The summed E-state index contributed by atoms with van der Waals surface area (Å²) < 4.78 is 14.5. The molecule has 0 amide bonds. The van der Waals surface area contributed by atoms with E-state index in [0.717, 1.165) is 144 Å². The van der Waals surface area contributed by atoms with Gasteiger partial charge in [0.1, 0.15) is 5.82 Å². The minimum absolute atomic E-state index is 0.412. The molecule has 0 N–H and O–H groups in total. The first-order valence-electron chi connectivity index (χ1n) is 35.2. The average Bonchev–Trinajstić information content (AvgIpc) is 1.54. The molecule has 104 heavy (non-hydrogen) atoms. The van der Waals surface area contributed by atoms with Crippen molar-refractivity contribution in [3.63, 3.8) is 0 Å². The van der Waals surface area contributed by atoms with Crippen molar-refractivity contribution in [2.45, 2.75) is 0 Å². The van der Waals surface area contributed by atoms with E-state index in [-0.39, 0.29) is 0 Å². The molecule has 22 aromatic rings. The summed E-state index contributed by atoms with van der Waals surface area (Å²) >= 11 is 0. The van der Waals surface area contributed by atoms with Gasteiger partial charge in [-0.25, -0.2) is 14.8 Å². The Bertz CT molecular complexity index is 6820. The van der Waals surface area contributed by atoms with Gasteiger partial charge in [0.05, 0.1) is 95.5 Å². The smallest absolute Gasteiger partial charge is 0.200 e. The second-order valence-corrected chi connectivity index (χ2v) is 27.1. The molecule has 0 atom stereocenters. The maximum atomic E-state index is 9.46. The lowest BCUT2D eigenvalue weighted by Gasteiger charge is -2.20. The van der Waals surface area contributed by atoms with Crippen LogP contribution in [0.15, 0.2) is 346 Å².